The van der Waals surface area contributed by atoms with Crippen molar-refractivity contribution >= 4 is 27.9 Å². The number of hydrogen-bond donors (Lipinski definition) is 4. The van der Waals surface area contributed by atoms with E-state index in [2.05, 4.69) is 29.0 Å². The highest BCUT2D eigenvalue weighted by atomic mass is 32.2. The molecule has 2 heterocycles. The average molecular weight is 462 g/mol. The first kappa shape index (κ1) is 23.2. The average Bonchev–Trinajstić information content (AvgIpc) is 3.23. The van der Waals surface area contributed by atoms with Crippen LogP contribution in [0.4, 0.5) is 9.59 Å². The fourth-order valence-electron chi connectivity index (χ4n) is 3.27. The number of fused-ring (bicyclic) bond motifs is 1. The third-order valence-corrected chi connectivity index (χ3v) is 7.68. The number of nitrogens with one attached hydrogen (secondary N) is 2. The van der Waals surface area contributed by atoms with Gasteiger partial charge in [0.05, 0.1) is 6.54 Å². The molecule has 0 saturated heterocycles. The van der Waals surface area contributed by atoms with E-state index in [9.17, 15) is 22.8 Å². The molecule has 1 atom stereocenters. The summed E-state index contributed by atoms with van der Waals surface area (Å²) < 4.78 is 23.6. The van der Waals surface area contributed by atoms with Gasteiger partial charge in [-0.2, -0.15) is 0 Å². The van der Waals surface area contributed by atoms with Crippen LogP contribution in [-0.4, -0.2) is 69.3 Å². The Bertz CT molecular complexity index is 1210. The number of hydroxylamine groups is 1. The highest BCUT2D eigenvalue weighted by molar-refractivity contribution is 7.92. The number of rotatable bonds is 6. The van der Waals surface area contributed by atoms with E-state index in [1.807, 2.05) is 0 Å². The largest absolute Gasteiger partial charge is 0.465 e. The smallest absolute Gasteiger partial charge is 0.405 e. The minimum atomic E-state index is -3.86. The summed E-state index contributed by atoms with van der Waals surface area (Å²) in [7, 11) is -3.86. The monoisotopic (exact) mass is 462 g/mol. The van der Waals surface area contributed by atoms with Crippen LogP contribution in [0.25, 0.3) is 0 Å². The molecule has 4 N–H and O–H groups in total. The predicted molar refractivity (Wildman–Crippen MR) is 111 cm³/mol. The molecule has 1 unspecified atom stereocenters. The summed E-state index contributed by atoms with van der Waals surface area (Å²) in [5, 5.41) is 20.0. The Morgan fingerprint density at radius 2 is 2.00 bits per heavy atom. The molecular weight excluding hydrogens is 440 g/mol. The standard InChI is InChI=1S/C20H22N4O7S/c1-19(16(25)22-29,32(2,30)31)9-10-23-13-15-11-14(12-24(15)18(23)28)5-3-4-6-20(7-8-20)21-17(26)27/h11-12,21,29H,7-10,13H2,1-2H3,(H,22,25)(H,26,27). The van der Waals surface area contributed by atoms with Crippen molar-refractivity contribution < 1.29 is 33.1 Å². The molecule has 1 saturated carbocycles. The lowest BCUT2D eigenvalue weighted by Gasteiger charge is -2.27. The Labute approximate surface area is 184 Å². The molecule has 2 aliphatic rings. The van der Waals surface area contributed by atoms with Gasteiger partial charge >= 0.3 is 12.1 Å². The lowest BCUT2D eigenvalue weighted by Crippen LogP contribution is -2.50. The molecule has 0 spiro atoms. The molecule has 1 aromatic heterocycles. The lowest BCUT2D eigenvalue weighted by atomic mass is 10.1. The zero-order chi connectivity index (χ0) is 23.7. The third-order valence-electron chi connectivity index (χ3n) is 5.66. The van der Waals surface area contributed by atoms with Gasteiger partial charge in [0.1, 0.15) is 5.54 Å². The Morgan fingerprint density at radius 1 is 1.31 bits per heavy atom. The number of hydrogen-bond acceptors (Lipinski definition) is 6. The van der Waals surface area contributed by atoms with Crippen molar-refractivity contribution in [2.75, 3.05) is 12.8 Å². The van der Waals surface area contributed by atoms with Crippen molar-refractivity contribution in [3.05, 3.63) is 23.5 Å². The van der Waals surface area contributed by atoms with E-state index in [0.29, 0.717) is 24.1 Å². The van der Waals surface area contributed by atoms with Crippen molar-refractivity contribution in [2.24, 2.45) is 0 Å². The van der Waals surface area contributed by atoms with Crippen LogP contribution < -0.4 is 10.8 Å². The summed E-state index contributed by atoms with van der Waals surface area (Å²) in [4.78, 5) is 36.7. The van der Waals surface area contributed by atoms with Gasteiger partial charge in [-0.05, 0) is 44.1 Å². The molecule has 0 bridgehead atoms. The minimum absolute atomic E-state index is 0.0113. The summed E-state index contributed by atoms with van der Waals surface area (Å²) in [5.74, 6) is 9.84. The number of aromatic nitrogens is 1. The molecule has 0 aromatic carbocycles. The van der Waals surface area contributed by atoms with Gasteiger partial charge in [0.2, 0.25) is 0 Å². The molecule has 1 fully saturated rings. The number of sulfone groups is 1. The molecule has 11 nitrogen and oxygen atoms in total. The Hall–Kier alpha value is -3.48. The van der Waals surface area contributed by atoms with Crippen LogP contribution in [0, 0.1) is 23.7 Å². The van der Waals surface area contributed by atoms with Gasteiger partial charge in [0.15, 0.2) is 14.6 Å². The van der Waals surface area contributed by atoms with E-state index in [1.54, 1.807) is 6.07 Å². The number of carboxylic acid groups (broad SMARTS) is 1. The second-order valence-electron chi connectivity index (χ2n) is 8.00. The Kier molecular flexibility index (Phi) is 5.96. The molecule has 3 rings (SSSR count). The van der Waals surface area contributed by atoms with Crippen LogP contribution in [-0.2, 0) is 21.2 Å². The van der Waals surface area contributed by atoms with Gasteiger partial charge in [0.25, 0.3) is 5.91 Å². The predicted octanol–water partition coefficient (Wildman–Crippen LogP) is 0.126. The Morgan fingerprint density at radius 3 is 2.53 bits per heavy atom. The van der Waals surface area contributed by atoms with Gasteiger partial charge < -0.3 is 15.3 Å². The number of amides is 3. The first-order chi connectivity index (χ1) is 14.9. The maximum Gasteiger partial charge on any atom is 0.405 e. The third kappa shape index (κ3) is 4.56. The minimum Gasteiger partial charge on any atom is -0.465 e. The first-order valence-corrected chi connectivity index (χ1v) is 11.5. The maximum absolute atomic E-state index is 12.6. The molecule has 32 heavy (non-hydrogen) atoms. The second kappa shape index (κ2) is 8.22. The fourth-order valence-corrected chi connectivity index (χ4v) is 4.11. The summed E-state index contributed by atoms with van der Waals surface area (Å²) in [5.41, 5.74) is 1.86. The summed E-state index contributed by atoms with van der Waals surface area (Å²) in [6.45, 7) is 1.39. The van der Waals surface area contributed by atoms with Gasteiger partial charge in [-0.25, -0.2) is 23.5 Å². The van der Waals surface area contributed by atoms with Gasteiger partial charge in [-0.1, -0.05) is 11.8 Å². The highest BCUT2D eigenvalue weighted by Gasteiger charge is 2.44. The molecule has 1 aliphatic carbocycles. The van der Waals surface area contributed by atoms with Crippen LogP contribution in [0.5, 0.6) is 0 Å². The van der Waals surface area contributed by atoms with Gasteiger partial charge in [-0.3, -0.25) is 14.6 Å². The van der Waals surface area contributed by atoms with Crippen LogP contribution >= 0.6 is 0 Å². The molecule has 0 radical (unpaired) electrons. The van der Waals surface area contributed by atoms with Crippen LogP contribution in [0.3, 0.4) is 0 Å². The van der Waals surface area contributed by atoms with Crippen molar-refractivity contribution in [1.82, 2.24) is 20.3 Å². The summed E-state index contributed by atoms with van der Waals surface area (Å²) in [6, 6.07) is 1.31. The van der Waals surface area contributed by atoms with Crippen LogP contribution in [0.1, 0.15) is 37.4 Å². The van der Waals surface area contributed by atoms with Crippen molar-refractivity contribution in [1.29, 1.82) is 0 Å². The highest BCUT2D eigenvalue weighted by Crippen LogP contribution is 2.34. The molecule has 1 aliphatic heterocycles. The summed E-state index contributed by atoms with van der Waals surface area (Å²) >= 11 is 0. The maximum atomic E-state index is 12.6. The quantitative estimate of drug-likeness (QED) is 0.266. The van der Waals surface area contributed by atoms with Crippen molar-refractivity contribution in [3.8, 4) is 23.7 Å². The van der Waals surface area contributed by atoms with Crippen molar-refractivity contribution in [2.45, 2.75) is 43.0 Å². The van der Waals surface area contributed by atoms with E-state index >= 15 is 0 Å². The number of nitrogens with zero attached hydrogens (tertiary/aromatic N) is 2. The van der Waals surface area contributed by atoms with Gasteiger partial charge in [0, 0.05) is 30.3 Å². The molecule has 170 valence electrons. The van der Waals surface area contributed by atoms with Gasteiger partial charge in [-0.15, -0.1) is 0 Å². The normalized spacial score (nSPS) is 17.7. The van der Waals surface area contributed by atoms with Crippen LogP contribution in [0.15, 0.2) is 12.3 Å². The fraction of sp³-hybridized carbons (Fsp3) is 0.450. The summed E-state index contributed by atoms with van der Waals surface area (Å²) in [6.07, 6.45) is 2.38. The zero-order valence-electron chi connectivity index (χ0n) is 17.4. The molecule has 12 heteroatoms. The SMILES string of the molecule is CC(CCN1Cc2cc(C#CC#CC3(NC(=O)O)CC3)cn2C1=O)(C(=O)NO)S(C)(=O)=O. The first-order valence-electron chi connectivity index (χ1n) is 9.60. The topological polar surface area (TPSA) is 158 Å². The number of carbonyl (C=O) groups excluding carboxylic acids is 2. The number of carbonyl (C=O) groups is 3. The van der Waals surface area contributed by atoms with Crippen LogP contribution in [0.2, 0.25) is 0 Å². The van der Waals surface area contributed by atoms with E-state index in [0.717, 1.165) is 6.26 Å². The van der Waals surface area contributed by atoms with E-state index in [-0.39, 0.29) is 25.5 Å². The van der Waals surface area contributed by atoms with E-state index < -0.39 is 32.1 Å². The lowest BCUT2D eigenvalue weighted by molar-refractivity contribution is -0.131. The Balaban J connectivity index is 1.65. The second-order valence-corrected chi connectivity index (χ2v) is 10.4. The molecule has 1 aromatic rings. The molecular formula is C20H22N4O7S. The zero-order valence-corrected chi connectivity index (χ0v) is 18.2. The molecule has 3 amide bonds. The van der Waals surface area contributed by atoms with E-state index in [4.69, 9.17) is 10.3 Å². The van der Waals surface area contributed by atoms with Crippen molar-refractivity contribution in [3.63, 3.8) is 0 Å². The van der Waals surface area contributed by atoms with E-state index in [1.165, 1.54) is 28.1 Å².